The van der Waals surface area contributed by atoms with Gasteiger partial charge in [-0.25, -0.2) is 9.69 Å². The van der Waals surface area contributed by atoms with Crippen LogP contribution in [0.4, 0.5) is 4.79 Å². The maximum atomic E-state index is 12.8. The number of amides is 3. The first-order valence-corrected chi connectivity index (χ1v) is 8.63. The summed E-state index contributed by atoms with van der Waals surface area (Å²) in [6.07, 6.45) is 5.81. The fraction of sp³-hybridized carbons (Fsp3) is 0.556. The van der Waals surface area contributed by atoms with E-state index in [0.29, 0.717) is 12.7 Å². The summed E-state index contributed by atoms with van der Waals surface area (Å²) in [5, 5.41) is 2.97. The summed E-state index contributed by atoms with van der Waals surface area (Å²) in [6.45, 7) is 1.34. The van der Waals surface area contributed by atoms with Gasteiger partial charge in [-0.1, -0.05) is 43.2 Å². The molecule has 0 radical (unpaired) electrons. The predicted octanol–water partition coefficient (Wildman–Crippen LogP) is 2.65. The quantitative estimate of drug-likeness (QED) is 0.873. The molecule has 2 saturated heterocycles. The summed E-state index contributed by atoms with van der Waals surface area (Å²) in [6, 6.07) is 10.5. The number of nitrogens with zero attached hydrogens (tertiary/aromatic N) is 2. The first-order valence-electron chi connectivity index (χ1n) is 8.63. The minimum absolute atomic E-state index is 0.0151. The second-order valence-corrected chi connectivity index (χ2v) is 6.98. The molecule has 3 fully saturated rings. The SMILES string of the molecule is O=C1NC2(CCCC2)C(=O)N1CN1CCC[C@@H]1c1ccccc1. The van der Waals surface area contributed by atoms with Crippen LogP contribution in [0.2, 0.25) is 0 Å². The first kappa shape index (κ1) is 14.7. The van der Waals surface area contributed by atoms with Crippen LogP contribution in [0.5, 0.6) is 0 Å². The van der Waals surface area contributed by atoms with Crippen LogP contribution in [0.15, 0.2) is 30.3 Å². The van der Waals surface area contributed by atoms with E-state index >= 15 is 0 Å². The standard InChI is InChI=1S/C18H23N3O2/c22-16-18(10-4-5-11-18)19-17(23)21(16)13-20-12-6-9-15(20)14-7-2-1-3-8-14/h1-3,7-8,15H,4-6,9-13H2,(H,19,23)/t15-/m1/s1. The monoisotopic (exact) mass is 313 g/mol. The molecule has 5 nitrogen and oxygen atoms in total. The van der Waals surface area contributed by atoms with E-state index in [2.05, 4.69) is 22.3 Å². The number of carbonyl (C=O) groups is 2. The molecule has 1 aromatic carbocycles. The second kappa shape index (κ2) is 5.64. The van der Waals surface area contributed by atoms with Gasteiger partial charge in [0.05, 0.1) is 6.67 Å². The molecule has 2 heterocycles. The highest BCUT2D eigenvalue weighted by Gasteiger charge is 2.52. The molecule has 5 heteroatoms. The van der Waals surface area contributed by atoms with Gasteiger partial charge >= 0.3 is 6.03 Å². The molecule has 122 valence electrons. The molecule has 3 aliphatic rings. The van der Waals surface area contributed by atoms with Crippen LogP contribution in [-0.2, 0) is 4.79 Å². The van der Waals surface area contributed by atoms with Gasteiger partial charge in [-0.3, -0.25) is 9.69 Å². The van der Waals surface area contributed by atoms with E-state index in [4.69, 9.17) is 0 Å². The predicted molar refractivity (Wildman–Crippen MR) is 86.6 cm³/mol. The summed E-state index contributed by atoms with van der Waals surface area (Å²) >= 11 is 0. The van der Waals surface area contributed by atoms with Crippen molar-refractivity contribution in [2.75, 3.05) is 13.2 Å². The molecular weight excluding hydrogens is 290 g/mol. The molecule has 0 unspecified atom stereocenters. The van der Waals surface area contributed by atoms with Crippen LogP contribution in [0, 0.1) is 0 Å². The van der Waals surface area contributed by atoms with Crippen molar-refractivity contribution in [3.63, 3.8) is 0 Å². The molecule has 3 amide bonds. The molecule has 2 aliphatic heterocycles. The number of hydrogen-bond donors (Lipinski definition) is 1. The first-order chi connectivity index (χ1) is 11.2. The van der Waals surface area contributed by atoms with Gasteiger partial charge in [0, 0.05) is 12.6 Å². The number of urea groups is 1. The van der Waals surface area contributed by atoms with Crippen LogP contribution in [-0.4, -0.2) is 40.5 Å². The Bertz CT molecular complexity index is 610. The summed E-state index contributed by atoms with van der Waals surface area (Å²) in [5.41, 5.74) is 0.673. The van der Waals surface area contributed by atoms with Crippen LogP contribution < -0.4 is 5.32 Å². The lowest BCUT2D eigenvalue weighted by Crippen LogP contribution is -2.45. The van der Waals surface area contributed by atoms with Gasteiger partial charge < -0.3 is 5.32 Å². The van der Waals surface area contributed by atoms with Crippen molar-refractivity contribution in [1.29, 1.82) is 0 Å². The molecule has 1 aromatic rings. The third-order valence-electron chi connectivity index (χ3n) is 5.57. The molecular formula is C18H23N3O2. The Kier molecular flexibility index (Phi) is 3.60. The third kappa shape index (κ3) is 2.43. The van der Waals surface area contributed by atoms with Crippen molar-refractivity contribution in [2.45, 2.75) is 50.1 Å². The fourth-order valence-corrected chi connectivity index (χ4v) is 4.35. The normalized spacial score (nSPS) is 27.1. The van der Waals surface area contributed by atoms with Crippen molar-refractivity contribution in [3.8, 4) is 0 Å². The van der Waals surface area contributed by atoms with Crippen molar-refractivity contribution in [2.24, 2.45) is 0 Å². The van der Waals surface area contributed by atoms with Crippen LogP contribution in [0.25, 0.3) is 0 Å². The Morgan fingerprint density at radius 1 is 1.09 bits per heavy atom. The number of likely N-dealkylation sites (tertiary alicyclic amines) is 1. The number of nitrogens with one attached hydrogen (secondary N) is 1. The maximum absolute atomic E-state index is 12.8. The zero-order chi connectivity index (χ0) is 15.9. The molecule has 4 rings (SSSR count). The van der Waals surface area contributed by atoms with Gasteiger partial charge in [-0.05, 0) is 31.2 Å². The molecule has 0 aromatic heterocycles. The molecule has 1 saturated carbocycles. The van der Waals surface area contributed by atoms with Gasteiger partial charge in [0.2, 0.25) is 0 Å². The number of hydrogen-bond acceptors (Lipinski definition) is 3. The number of carbonyl (C=O) groups excluding carboxylic acids is 2. The topological polar surface area (TPSA) is 52.7 Å². The number of imide groups is 1. The summed E-state index contributed by atoms with van der Waals surface area (Å²) in [7, 11) is 0. The van der Waals surface area contributed by atoms with E-state index in [1.54, 1.807) is 0 Å². The Balaban J connectivity index is 1.51. The van der Waals surface area contributed by atoms with E-state index in [-0.39, 0.29) is 11.9 Å². The van der Waals surface area contributed by atoms with E-state index in [0.717, 1.165) is 45.1 Å². The average molecular weight is 313 g/mol. The Morgan fingerprint density at radius 2 is 1.83 bits per heavy atom. The van der Waals surface area contributed by atoms with Gasteiger partial charge in [-0.2, -0.15) is 0 Å². The number of benzene rings is 1. The number of rotatable bonds is 3. The minimum atomic E-state index is -0.598. The van der Waals surface area contributed by atoms with Gasteiger partial charge in [0.1, 0.15) is 5.54 Å². The minimum Gasteiger partial charge on any atom is -0.323 e. The van der Waals surface area contributed by atoms with Crippen LogP contribution in [0.3, 0.4) is 0 Å². The molecule has 1 aliphatic carbocycles. The average Bonchev–Trinajstić information content (AvgIpc) is 3.26. The van der Waals surface area contributed by atoms with Crippen molar-refractivity contribution in [1.82, 2.24) is 15.1 Å². The molecule has 23 heavy (non-hydrogen) atoms. The zero-order valence-electron chi connectivity index (χ0n) is 13.3. The maximum Gasteiger partial charge on any atom is 0.326 e. The van der Waals surface area contributed by atoms with Gasteiger partial charge in [-0.15, -0.1) is 0 Å². The highest BCUT2D eigenvalue weighted by Crippen LogP contribution is 2.37. The highest BCUT2D eigenvalue weighted by molar-refractivity contribution is 6.07. The summed E-state index contributed by atoms with van der Waals surface area (Å²) in [4.78, 5) is 28.8. The summed E-state index contributed by atoms with van der Waals surface area (Å²) < 4.78 is 0. The molecule has 1 atom stereocenters. The largest absolute Gasteiger partial charge is 0.326 e. The molecule has 1 N–H and O–H groups in total. The van der Waals surface area contributed by atoms with Crippen molar-refractivity contribution >= 4 is 11.9 Å². The van der Waals surface area contributed by atoms with Gasteiger partial charge in [0.15, 0.2) is 0 Å². The van der Waals surface area contributed by atoms with E-state index in [9.17, 15) is 9.59 Å². The third-order valence-corrected chi connectivity index (χ3v) is 5.57. The van der Waals surface area contributed by atoms with Crippen molar-refractivity contribution < 1.29 is 9.59 Å². The highest BCUT2D eigenvalue weighted by atomic mass is 16.2. The van der Waals surface area contributed by atoms with E-state index in [1.807, 2.05) is 18.2 Å². The van der Waals surface area contributed by atoms with E-state index < -0.39 is 5.54 Å². The van der Waals surface area contributed by atoms with E-state index in [1.165, 1.54) is 10.5 Å². The lowest BCUT2D eigenvalue weighted by molar-refractivity contribution is -0.132. The smallest absolute Gasteiger partial charge is 0.323 e. The molecule has 0 bridgehead atoms. The lowest BCUT2D eigenvalue weighted by Gasteiger charge is -2.28. The van der Waals surface area contributed by atoms with Crippen LogP contribution >= 0.6 is 0 Å². The van der Waals surface area contributed by atoms with Crippen molar-refractivity contribution in [3.05, 3.63) is 35.9 Å². The van der Waals surface area contributed by atoms with Crippen LogP contribution in [0.1, 0.15) is 50.1 Å². The fourth-order valence-electron chi connectivity index (χ4n) is 4.35. The summed E-state index contributed by atoms with van der Waals surface area (Å²) in [5.74, 6) is -0.0151. The Labute approximate surface area is 136 Å². The Hall–Kier alpha value is -1.88. The second-order valence-electron chi connectivity index (χ2n) is 6.98. The van der Waals surface area contributed by atoms with Gasteiger partial charge in [0.25, 0.3) is 5.91 Å². The Morgan fingerprint density at radius 3 is 2.57 bits per heavy atom. The lowest BCUT2D eigenvalue weighted by atomic mass is 9.98. The zero-order valence-corrected chi connectivity index (χ0v) is 13.3. The molecule has 1 spiro atoms.